The SMILES string of the molecule is CCC(CC)C1(CC)OC(=O)CC(=O)O1. The summed E-state index contributed by atoms with van der Waals surface area (Å²) in [5.41, 5.74) is 0. The zero-order chi connectivity index (χ0) is 11.5. The van der Waals surface area contributed by atoms with E-state index in [1.165, 1.54) is 0 Å². The summed E-state index contributed by atoms with van der Waals surface area (Å²) in [6, 6.07) is 0. The zero-order valence-electron chi connectivity index (χ0n) is 9.54. The highest BCUT2D eigenvalue weighted by Gasteiger charge is 2.46. The molecular weight excluding hydrogens is 196 g/mol. The molecule has 15 heavy (non-hydrogen) atoms. The molecule has 0 amide bonds. The lowest BCUT2D eigenvalue weighted by atomic mass is 9.90. The smallest absolute Gasteiger partial charge is 0.320 e. The van der Waals surface area contributed by atoms with Crippen LogP contribution in [0.25, 0.3) is 0 Å². The third-order valence-electron chi connectivity index (χ3n) is 2.96. The minimum Gasteiger partial charge on any atom is -0.422 e. The molecule has 0 aromatic carbocycles. The molecule has 4 heteroatoms. The maximum absolute atomic E-state index is 11.3. The lowest BCUT2D eigenvalue weighted by Crippen LogP contribution is -2.50. The van der Waals surface area contributed by atoms with Crippen molar-refractivity contribution in [3.63, 3.8) is 0 Å². The first kappa shape index (κ1) is 12.0. The van der Waals surface area contributed by atoms with Crippen LogP contribution in [0, 0.1) is 5.92 Å². The topological polar surface area (TPSA) is 52.6 Å². The van der Waals surface area contributed by atoms with Crippen LogP contribution in [-0.4, -0.2) is 17.7 Å². The molecule has 4 nitrogen and oxygen atoms in total. The van der Waals surface area contributed by atoms with Gasteiger partial charge in [0.05, 0.1) is 0 Å². The molecule has 1 aliphatic rings. The monoisotopic (exact) mass is 214 g/mol. The van der Waals surface area contributed by atoms with Crippen LogP contribution in [0.1, 0.15) is 46.5 Å². The van der Waals surface area contributed by atoms with Crippen LogP contribution >= 0.6 is 0 Å². The third-order valence-corrected chi connectivity index (χ3v) is 2.96. The van der Waals surface area contributed by atoms with Crippen molar-refractivity contribution in [2.45, 2.75) is 52.2 Å². The molecule has 1 fully saturated rings. The highest BCUT2D eigenvalue weighted by atomic mass is 16.7. The second kappa shape index (κ2) is 4.64. The van der Waals surface area contributed by atoms with Crippen molar-refractivity contribution in [1.29, 1.82) is 0 Å². The molecule has 0 aliphatic carbocycles. The van der Waals surface area contributed by atoms with E-state index in [1.54, 1.807) is 0 Å². The van der Waals surface area contributed by atoms with Crippen molar-refractivity contribution in [1.82, 2.24) is 0 Å². The van der Waals surface area contributed by atoms with E-state index >= 15 is 0 Å². The molecular formula is C11H18O4. The lowest BCUT2D eigenvalue weighted by Gasteiger charge is -2.40. The van der Waals surface area contributed by atoms with Crippen LogP contribution in [-0.2, 0) is 19.1 Å². The van der Waals surface area contributed by atoms with Gasteiger partial charge in [0.2, 0.25) is 0 Å². The molecule has 1 saturated heterocycles. The summed E-state index contributed by atoms with van der Waals surface area (Å²) in [7, 11) is 0. The average molecular weight is 214 g/mol. The minimum absolute atomic E-state index is 0.0794. The van der Waals surface area contributed by atoms with Crippen molar-refractivity contribution < 1.29 is 19.1 Å². The summed E-state index contributed by atoms with van der Waals surface area (Å²) in [4.78, 5) is 22.5. The van der Waals surface area contributed by atoms with Gasteiger partial charge in [-0.05, 0) is 12.8 Å². The van der Waals surface area contributed by atoms with E-state index < -0.39 is 17.7 Å². The zero-order valence-corrected chi connectivity index (χ0v) is 9.54. The Bertz CT molecular complexity index is 239. The first-order valence-corrected chi connectivity index (χ1v) is 5.51. The van der Waals surface area contributed by atoms with Crippen molar-refractivity contribution in [2.75, 3.05) is 0 Å². The number of hydrogen-bond acceptors (Lipinski definition) is 4. The van der Waals surface area contributed by atoms with E-state index in [0.29, 0.717) is 6.42 Å². The highest BCUT2D eigenvalue weighted by Crippen LogP contribution is 2.35. The van der Waals surface area contributed by atoms with Crippen LogP contribution in [0.2, 0.25) is 0 Å². The summed E-state index contributed by atoms with van der Waals surface area (Å²) in [5.74, 6) is -1.88. The van der Waals surface area contributed by atoms with Gasteiger partial charge in [-0.1, -0.05) is 20.8 Å². The summed E-state index contributed by atoms with van der Waals surface area (Å²) < 4.78 is 10.5. The fourth-order valence-corrected chi connectivity index (χ4v) is 2.11. The molecule has 0 aromatic heterocycles. The largest absolute Gasteiger partial charge is 0.422 e. The van der Waals surface area contributed by atoms with Crippen LogP contribution < -0.4 is 0 Å². The lowest BCUT2D eigenvalue weighted by molar-refractivity contribution is -0.264. The Morgan fingerprint density at radius 2 is 1.60 bits per heavy atom. The standard InChI is InChI=1S/C11H18O4/c1-4-8(5-2)11(6-3)14-9(12)7-10(13)15-11/h8H,4-7H2,1-3H3. The van der Waals surface area contributed by atoms with Crippen molar-refractivity contribution in [2.24, 2.45) is 5.92 Å². The Hall–Kier alpha value is -1.06. The molecule has 0 N–H and O–H groups in total. The fourth-order valence-electron chi connectivity index (χ4n) is 2.11. The van der Waals surface area contributed by atoms with Crippen LogP contribution in [0.3, 0.4) is 0 Å². The van der Waals surface area contributed by atoms with E-state index in [1.807, 2.05) is 20.8 Å². The van der Waals surface area contributed by atoms with E-state index in [-0.39, 0.29) is 12.3 Å². The molecule has 0 atom stereocenters. The number of rotatable bonds is 4. The van der Waals surface area contributed by atoms with E-state index in [0.717, 1.165) is 12.8 Å². The number of hydrogen-bond donors (Lipinski definition) is 0. The van der Waals surface area contributed by atoms with Gasteiger partial charge in [-0.25, -0.2) is 0 Å². The maximum atomic E-state index is 11.3. The van der Waals surface area contributed by atoms with Crippen molar-refractivity contribution in [3.8, 4) is 0 Å². The number of carbonyl (C=O) groups is 2. The summed E-state index contributed by atoms with van der Waals surface area (Å²) in [5, 5.41) is 0. The second-order valence-corrected chi connectivity index (χ2v) is 3.80. The molecule has 1 heterocycles. The van der Waals surface area contributed by atoms with Crippen molar-refractivity contribution in [3.05, 3.63) is 0 Å². The van der Waals surface area contributed by atoms with Gasteiger partial charge in [0.15, 0.2) is 0 Å². The molecule has 0 unspecified atom stereocenters. The Kier molecular flexibility index (Phi) is 3.72. The summed E-state index contributed by atoms with van der Waals surface area (Å²) in [6.45, 7) is 5.87. The van der Waals surface area contributed by atoms with Gasteiger partial charge in [-0.3, -0.25) is 9.59 Å². The molecule has 1 aliphatic heterocycles. The number of cyclic esters (lactones) is 2. The maximum Gasteiger partial charge on any atom is 0.320 e. The quantitative estimate of drug-likeness (QED) is 0.530. The Morgan fingerprint density at radius 3 is 1.93 bits per heavy atom. The molecule has 0 radical (unpaired) electrons. The van der Waals surface area contributed by atoms with Crippen LogP contribution in [0.5, 0.6) is 0 Å². The molecule has 0 bridgehead atoms. The van der Waals surface area contributed by atoms with Gasteiger partial charge in [-0.15, -0.1) is 0 Å². The van der Waals surface area contributed by atoms with E-state index in [2.05, 4.69) is 0 Å². The first-order valence-electron chi connectivity index (χ1n) is 5.51. The normalized spacial score (nSPS) is 20.0. The van der Waals surface area contributed by atoms with Gasteiger partial charge < -0.3 is 9.47 Å². The number of ether oxygens (including phenoxy) is 2. The minimum atomic E-state index is -1.02. The molecule has 1 rings (SSSR count). The van der Waals surface area contributed by atoms with Crippen molar-refractivity contribution >= 4 is 11.9 Å². The number of carbonyl (C=O) groups excluding carboxylic acids is 2. The molecule has 0 aromatic rings. The summed E-state index contributed by atoms with van der Waals surface area (Å²) >= 11 is 0. The summed E-state index contributed by atoms with van der Waals surface area (Å²) in [6.07, 6.45) is 1.90. The van der Waals surface area contributed by atoms with Crippen LogP contribution in [0.4, 0.5) is 0 Å². The fraction of sp³-hybridized carbons (Fsp3) is 0.818. The molecule has 0 saturated carbocycles. The highest BCUT2D eigenvalue weighted by molar-refractivity contribution is 5.93. The van der Waals surface area contributed by atoms with E-state index in [9.17, 15) is 9.59 Å². The Morgan fingerprint density at radius 1 is 1.13 bits per heavy atom. The molecule has 86 valence electrons. The Balaban J connectivity index is 2.91. The van der Waals surface area contributed by atoms with Gasteiger partial charge in [-0.2, -0.15) is 0 Å². The predicted octanol–water partition coefficient (Wildman–Crippen LogP) is 2.02. The Labute approximate surface area is 89.9 Å². The van der Waals surface area contributed by atoms with E-state index in [4.69, 9.17) is 9.47 Å². The van der Waals surface area contributed by atoms with Gasteiger partial charge in [0.1, 0.15) is 6.42 Å². The molecule has 0 spiro atoms. The third kappa shape index (κ3) is 2.30. The van der Waals surface area contributed by atoms with Gasteiger partial charge >= 0.3 is 11.9 Å². The number of esters is 2. The van der Waals surface area contributed by atoms with Gasteiger partial charge in [0, 0.05) is 12.3 Å². The van der Waals surface area contributed by atoms with Gasteiger partial charge in [0.25, 0.3) is 5.79 Å². The first-order chi connectivity index (χ1) is 7.07. The predicted molar refractivity (Wildman–Crippen MR) is 53.9 cm³/mol. The van der Waals surface area contributed by atoms with Crippen LogP contribution in [0.15, 0.2) is 0 Å². The average Bonchev–Trinajstić information content (AvgIpc) is 2.18. The second-order valence-electron chi connectivity index (χ2n) is 3.80.